The lowest BCUT2D eigenvalue weighted by Crippen LogP contribution is -2.08. The Morgan fingerprint density at radius 3 is 2.48 bits per heavy atom. The minimum Gasteiger partial charge on any atom is -0.249 e. The van der Waals surface area contributed by atoms with Gasteiger partial charge in [-0.05, 0) is 40.0 Å². The van der Waals surface area contributed by atoms with Gasteiger partial charge in [-0.1, -0.05) is 62.4 Å². The fourth-order valence-corrected chi connectivity index (χ4v) is 3.71. The Labute approximate surface area is 187 Å². The van der Waals surface area contributed by atoms with Crippen LogP contribution in [0.3, 0.4) is 0 Å². The molecule has 31 heavy (non-hydrogen) atoms. The molecule has 0 amide bonds. The molecule has 0 aliphatic heterocycles. The van der Waals surface area contributed by atoms with E-state index < -0.39 is 0 Å². The van der Waals surface area contributed by atoms with E-state index in [-0.39, 0.29) is 0 Å². The van der Waals surface area contributed by atoms with Crippen molar-refractivity contribution >= 4 is 12.6 Å². The molecule has 4 rings (SSSR count). The number of rotatable bonds is 9. The van der Waals surface area contributed by atoms with Crippen LogP contribution in [0.15, 0.2) is 48.5 Å². The molecule has 160 valence electrons. The largest absolute Gasteiger partial charge is 0.249 e. The van der Waals surface area contributed by atoms with Crippen molar-refractivity contribution in [3.63, 3.8) is 0 Å². The Morgan fingerprint density at radius 2 is 1.81 bits per heavy atom. The molecule has 0 spiro atoms. The van der Waals surface area contributed by atoms with Crippen LogP contribution in [0.2, 0.25) is 0 Å². The molecule has 0 saturated heterocycles. The van der Waals surface area contributed by atoms with Crippen molar-refractivity contribution < 1.29 is 0 Å². The number of hydrogen-bond donors (Lipinski definition) is 2. The lowest BCUT2D eigenvalue weighted by atomic mass is 9.98. The lowest BCUT2D eigenvalue weighted by molar-refractivity contribution is 0.474. The summed E-state index contributed by atoms with van der Waals surface area (Å²) in [5.41, 5.74) is 4.35. The Bertz CT molecular complexity index is 1100. The maximum Gasteiger partial charge on any atom is 0.205 e. The van der Waals surface area contributed by atoms with Gasteiger partial charge in [0.25, 0.3) is 0 Å². The highest BCUT2D eigenvalue weighted by Crippen LogP contribution is 2.30. The fourth-order valence-electron chi connectivity index (χ4n) is 3.51. The average molecular weight is 434 g/mol. The molecule has 4 aromatic rings. The molecule has 0 aliphatic carbocycles. The van der Waals surface area contributed by atoms with Gasteiger partial charge in [0, 0.05) is 24.9 Å². The van der Waals surface area contributed by atoms with Crippen molar-refractivity contribution in [2.75, 3.05) is 5.75 Å². The van der Waals surface area contributed by atoms with Crippen LogP contribution in [0.25, 0.3) is 22.5 Å². The third-order valence-corrected chi connectivity index (χ3v) is 5.41. The molecule has 1 N–H and O–H groups in total. The predicted molar refractivity (Wildman–Crippen MR) is 125 cm³/mol. The van der Waals surface area contributed by atoms with Crippen LogP contribution in [-0.4, -0.2) is 41.1 Å². The van der Waals surface area contributed by atoms with E-state index in [2.05, 4.69) is 82.1 Å². The van der Waals surface area contributed by atoms with Crippen molar-refractivity contribution in [2.24, 2.45) is 5.92 Å². The molecule has 2 aromatic heterocycles. The summed E-state index contributed by atoms with van der Waals surface area (Å²) in [4.78, 5) is 4.78. The summed E-state index contributed by atoms with van der Waals surface area (Å²) in [6, 6.07) is 16.7. The standard InChI is InChI=1S/C23H27N7S/c1-16(2)11-13-30-22(24-21(27-30)12-14-31)15-17-7-9-18(10-8-17)19-5-3-4-6-20(19)23-25-28-29-26-23/h3-10,16,31H,11-15H2,1-2H3,(H,25,26,28,29). The van der Waals surface area contributed by atoms with Crippen molar-refractivity contribution in [1.29, 1.82) is 0 Å². The Balaban J connectivity index is 1.56. The van der Waals surface area contributed by atoms with Gasteiger partial charge in [-0.2, -0.15) is 22.9 Å². The van der Waals surface area contributed by atoms with Crippen LogP contribution in [0.4, 0.5) is 0 Å². The summed E-state index contributed by atoms with van der Waals surface area (Å²) in [7, 11) is 0. The number of H-pyrrole nitrogens is 1. The molecular formula is C23H27N7S. The van der Waals surface area contributed by atoms with Gasteiger partial charge in [-0.15, -0.1) is 10.2 Å². The number of thiol groups is 1. The molecule has 2 aromatic carbocycles. The topological polar surface area (TPSA) is 85.2 Å². The van der Waals surface area contributed by atoms with Crippen molar-refractivity contribution in [3.8, 4) is 22.5 Å². The van der Waals surface area contributed by atoms with Gasteiger partial charge in [0.15, 0.2) is 5.82 Å². The van der Waals surface area contributed by atoms with Gasteiger partial charge < -0.3 is 0 Å². The number of nitrogens with one attached hydrogen (secondary N) is 1. The maximum atomic E-state index is 4.78. The number of hydrogen-bond acceptors (Lipinski definition) is 6. The Kier molecular flexibility index (Phi) is 6.76. The zero-order valence-electron chi connectivity index (χ0n) is 17.9. The van der Waals surface area contributed by atoms with Gasteiger partial charge in [0.2, 0.25) is 5.82 Å². The summed E-state index contributed by atoms with van der Waals surface area (Å²) in [6.45, 7) is 5.36. The van der Waals surface area contributed by atoms with Gasteiger partial charge in [-0.3, -0.25) is 0 Å². The number of tetrazole rings is 1. The number of aryl methyl sites for hydroxylation is 2. The Hall–Kier alpha value is -3.00. The second kappa shape index (κ2) is 9.87. The van der Waals surface area contributed by atoms with E-state index in [9.17, 15) is 0 Å². The first-order valence-electron chi connectivity index (χ1n) is 10.6. The zero-order valence-corrected chi connectivity index (χ0v) is 18.8. The summed E-state index contributed by atoms with van der Waals surface area (Å²) in [5.74, 6) is 3.86. The molecule has 0 radical (unpaired) electrons. The lowest BCUT2D eigenvalue weighted by Gasteiger charge is -2.10. The second-order valence-electron chi connectivity index (χ2n) is 7.98. The van der Waals surface area contributed by atoms with Crippen LogP contribution in [0, 0.1) is 5.92 Å². The number of benzene rings is 2. The monoisotopic (exact) mass is 433 g/mol. The van der Waals surface area contributed by atoms with E-state index in [1.807, 2.05) is 18.2 Å². The summed E-state index contributed by atoms with van der Waals surface area (Å²) < 4.78 is 2.07. The fraction of sp³-hybridized carbons (Fsp3) is 0.348. The van der Waals surface area contributed by atoms with Crippen LogP contribution in [0.1, 0.15) is 37.5 Å². The number of aromatic amines is 1. The quantitative estimate of drug-likeness (QED) is 0.386. The van der Waals surface area contributed by atoms with E-state index >= 15 is 0 Å². The van der Waals surface area contributed by atoms with Crippen LogP contribution >= 0.6 is 12.6 Å². The number of aromatic nitrogens is 7. The highest BCUT2D eigenvalue weighted by atomic mass is 32.1. The number of nitrogens with zero attached hydrogens (tertiary/aromatic N) is 6. The first-order valence-corrected chi connectivity index (χ1v) is 11.2. The third kappa shape index (κ3) is 5.19. The Morgan fingerprint density at radius 1 is 1.03 bits per heavy atom. The van der Waals surface area contributed by atoms with Crippen LogP contribution in [0.5, 0.6) is 0 Å². The molecule has 0 bridgehead atoms. The van der Waals surface area contributed by atoms with E-state index in [4.69, 9.17) is 10.1 Å². The van der Waals surface area contributed by atoms with Crippen LogP contribution < -0.4 is 0 Å². The molecule has 0 saturated carbocycles. The molecular weight excluding hydrogens is 406 g/mol. The summed E-state index contributed by atoms with van der Waals surface area (Å²) >= 11 is 4.33. The van der Waals surface area contributed by atoms with E-state index in [0.29, 0.717) is 11.7 Å². The first-order chi connectivity index (χ1) is 15.1. The maximum absolute atomic E-state index is 4.78. The van der Waals surface area contributed by atoms with E-state index in [1.165, 1.54) is 5.56 Å². The average Bonchev–Trinajstić information content (AvgIpc) is 3.43. The molecule has 0 aliphatic rings. The molecule has 0 fully saturated rings. The first kappa shape index (κ1) is 21.2. The van der Waals surface area contributed by atoms with Gasteiger partial charge in [0.05, 0.1) is 0 Å². The molecule has 8 heteroatoms. The van der Waals surface area contributed by atoms with Crippen molar-refractivity contribution in [2.45, 2.75) is 39.7 Å². The molecule has 0 atom stereocenters. The van der Waals surface area contributed by atoms with Gasteiger partial charge >= 0.3 is 0 Å². The zero-order chi connectivity index (χ0) is 21.6. The van der Waals surface area contributed by atoms with E-state index in [1.54, 1.807) is 0 Å². The van der Waals surface area contributed by atoms with Crippen molar-refractivity contribution in [3.05, 3.63) is 65.7 Å². The van der Waals surface area contributed by atoms with E-state index in [0.717, 1.165) is 59.9 Å². The van der Waals surface area contributed by atoms with Crippen LogP contribution in [-0.2, 0) is 19.4 Å². The smallest absolute Gasteiger partial charge is 0.205 e. The highest BCUT2D eigenvalue weighted by Gasteiger charge is 2.13. The molecule has 2 heterocycles. The highest BCUT2D eigenvalue weighted by molar-refractivity contribution is 7.80. The molecule has 0 unspecified atom stereocenters. The minimum absolute atomic E-state index is 0.592. The SMILES string of the molecule is CC(C)CCn1nc(CCS)nc1Cc1ccc(-c2ccccc2-c2nn[nH]n2)cc1. The predicted octanol–water partition coefficient (Wildman–Crippen LogP) is 4.23. The van der Waals surface area contributed by atoms with Gasteiger partial charge in [-0.25, -0.2) is 9.67 Å². The summed E-state index contributed by atoms with van der Waals surface area (Å²) in [5, 5.41) is 19.2. The molecule has 7 nitrogen and oxygen atoms in total. The van der Waals surface area contributed by atoms with Crippen molar-refractivity contribution in [1.82, 2.24) is 35.4 Å². The third-order valence-electron chi connectivity index (χ3n) is 5.19. The minimum atomic E-state index is 0.592. The normalized spacial score (nSPS) is 11.4. The van der Waals surface area contributed by atoms with Gasteiger partial charge in [0.1, 0.15) is 5.82 Å². The second-order valence-corrected chi connectivity index (χ2v) is 8.43. The summed E-state index contributed by atoms with van der Waals surface area (Å²) in [6.07, 6.45) is 2.63.